The van der Waals surface area contributed by atoms with E-state index in [1.165, 1.54) is 5.56 Å². The van der Waals surface area contributed by atoms with Gasteiger partial charge in [0.1, 0.15) is 18.5 Å². The van der Waals surface area contributed by atoms with Crippen LogP contribution in [0.2, 0.25) is 0 Å². The van der Waals surface area contributed by atoms with E-state index in [1.54, 1.807) is 0 Å². The second kappa shape index (κ2) is 8.18. The lowest BCUT2D eigenvalue weighted by Gasteiger charge is -2.15. The molecule has 1 aromatic rings. The SMILES string of the molecule is CCC(C)c1ccc(OCC(O)CNC(C)C)cc1. The van der Waals surface area contributed by atoms with Crippen molar-refractivity contribution in [1.82, 2.24) is 5.32 Å². The van der Waals surface area contributed by atoms with E-state index in [0.717, 1.165) is 12.2 Å². The first-order valence-electron chi connectivity index (χ1n) is 7.17. The van der Waals surface area contributed by atoms with E-state index in [0.29, 0.717) is 25.1 Å². The first kappa shape index (κ1) is 16.0. The van der Waals surface area contributed by atoms with Crippen LogP contribution in [0.1, 0.15) is 45.6 Å². The summed E-state index contributed by atoms with van der Waals surface area (Å²) in [6.45, 7) is 9.40. The molecule has 0 aromatic heterocycles. The van der Waals surface area contributed by atoms with E-state index < -0.39 is 6.10 Å². The molecule has 0 bridgehead atoms. The summed E-state index contributed by atoms with van der Waals surface area (Å²) in [5.74, 6) is 1.39. The van der Waals surface area contributed by atoms with E-state index in [2.05, 4.69) is 45.1 Å². The molecule has 0 aliphatic carbocycles. The minimum Gasteiger partial charge on any atom is -0.491 e. The average Bonchev–Trinajstić information content (AvgIpc) is 2.42. The fourth-order valence-electron chi connectivity index (χ4n) is 1.75. The molecule has 0 amide bonds. The van der Waals surface area contributed by atoms with Crippen molar-refractivity contribution >= 4 is 0 Å². The van der Waals surface area contributed by atoms with E-state index in [-0.39, 0.29) is 0 Å². The summed E-state index contributed by atoms with van der Waals surface area (Å²) >= 11 is 0. The van der Waals surface area contributed by atoms with Gasteiger partial charge in [0.05, 0.1) is 0 Å². The summed E-state index contributed by atoms with van der Waals surface area (Å²) < 4.78 is 5.58. The molecule has 0 spiro atoms. The van der Waals surface area contributed by atoms with Crippen LogP contribution in [0.3, 0.4) is 0 Å². The molecule has 0 heterocycles. The molecular weight excluding hydrogens is 238 g/mol. The van der Waals surface area contributed by atoms with Gasteiger partial charge in [0.25, 0.3) is 0 Å². The Morgan fingerprint density at radius 2 is 1.79 bits per heavy atom. The number of aliphatic hydroxyl groups excluding tert-OH is 1. The van der Waals surface area contributed by atoms with Crippen molar-refractivity contribution in [2.45, 2.75) is 52.2 Å². The minimum atomic E-state index is -0.475. The van der Waals surface area contributed by atoms with Crippen LogP contribution in [0.15, 0.2) is 24.3 Å². The molecule has 0 aliphatic heterocycles. The molecule has 1 aromatic carbocycles. The normalized spacial score (nSPS) is 14.4. The highest BCUT2D eigenvalue weighted by Gasteiger charge is 2.07. The second-order valence-corrected chi connectivity index (χ2v) is 5.41. The Morgan fingerprint density at radius 1 is 1.16 bits per heavy atom. The maximum atomic E-state index is 9.75. The third kappa shape index (κ3) is 6.08. The van der Waals surface area contributed by atoms with Crippen LogP contribution in [0.4, 0.5) is 0 Å². The van der Waals surface area contributed by atoms with Crippen LogP contribution in [-0.4, -0.2) is 30.4 Å². The Balaban J connectivity index is 2.37. The molecular formula is C16H27NO2. The fourth-order valence-corrected chi connectivity index (χ4v) is 1.75. The van der Waals surface area contributed by atoms with Crippen molar-refractivity contribution in [3.63, 3.8) is 0 Å². The molecule has 19 heavy (non-hydrogen) atoms. The average molecular weight is 265 g/mol. The van der Waals surface area contributed by atoms with E-state index >= 15 is 0 Å². The van der Waals surface area contributed by atoms with Crippen molar-refractivity contribution in [3.05, 3.63) is 29.8 Å². The standard InChI is InChI=1S/C16H27NO2/c1-5-13(4)14-6-8-16(9-7-14)19-11-15(18)10-17-12(2)3/h6-9,12-13,15,17-18H,5,10-11H2,1-4H3. The number of nitrogens with one attached hydrogen (secondary N) is 1. The Bertz CT molecular complexity index is 348. The van der Waals surface area contributed by atoms with Crippen molar-refractivity contribution in [2.24, 2.45) is 0 Å². The predicted octanol–water partition coefficient (Wildman–Crippen LogP) is 2.94. The lowest BCUT2D eigenvalue weighted by Crippen LogP contribution is -2.35. The van der Waals surface area contributed by atoms with Gasteiger partial charge in [-0.1, -0.05) is 39.8 Å². The van der Waals surface area contributed by atoms with Crippen LogP contribution >= 0.6 is 0 Å². The molecule has 1 rings (SSSR count). The molecule has 0 saturated heterocycles. The van der Waals surface area contributed by atoms with Gasteiger partial charge in [-0.15, -0.1) is 0 Å². The lowest BCUT2D eigenvalue weighted by atomic mass is 9.99. The summed E-state index contributed by atoms with van der Waals surface area (Å²) in [5, 5.41) is 12.9. The van der Waals surface area contributed by atoms with Crippen molar-refractivity contribution in [2.75, 3.05) is 13.2 Å². The molecule has 0 radical (unpaired) electrons. The molecule has 0 aliphatic rings. The minimum absolute atomic E-state index is 0.322. The summed E-state index contributed by atoms with van der Waals surface area (Å²) in [7, 11) is 0. The van der Waals surface area contributed by atoms with Gasteiger partial charge in [0.15, 0.2) is 0 Å². The van der Waals surface area contributed by atoms with Gasteiger partial charge in [0, 0.05) is 12.6 Å². The highest BCUT2D eigenvalue weighted by atomic mass is 16.5. The number of hydrogen-bond donors (Lipinski definition) is 2. The Morgan fingerprint density at radius 3 is 2.32 bits per heavy atom. The zero-order chi connectivity index (χ0) is 14.3. The van der Waals surface area contributed by atoms with Gasteiger partial charge in [0.2, 0.25) is 0 Å². The number of ether oxygens (including phenoxy) is 1. The maximum Gasteiger partial charge on any atom is 0.119 e. The quantitative estimate of drug-likeness (QED) is 0.759. The molecule has 0 fully saturated rings. The van der Waals surface area contributed by atoms with Crippen molar-refractivity contribution < 1.29 is 9.84 Å². The molecule has 2 unspecified atom stereocenters. The zero-order valence-electron chi connectivity index (χ0n) is 12.5. The molecule has 2 atom stereocenters. The highest BCUT2D eigenvalue weighted by molar-refractivity contribution is 5.29. The summed E-state index contributed by atoms with van der Waals surface area (Å²) in [4.78, 5) is 0. The van der Waals surface area contributed by atoms with E-state index in [9.17, 15) is 5.11 Å². The lowest BCUT2D eigenvalue weighted by molar-refractivity contribution is 0.104. The van der Waals surface area contributed by atoms with Crippen molar-refractivity contribution in [1.29, 1.82) is 0 Å². The summed E-state index contributed by atoms with van der Waals surface area (Å²) in [6, 6.07) is 8.53. The van der Waals surface area contributed by atoms with Crippen molar-refractivity contribution in [3.8, 4) is 5.75 Å². The van der Waals surface area contributed by atoms with Crippen LogP contribution in [0.5, 0.6) is 5.75 Å². The van der Waals surface area contributed by atoms with Crippen LogP contribution < -0.4 is 10.1 Å². The Labute approximate surface area is 117 Å². The monoisotopic (exact) mass is 265 g/mol. The van der Waals surface area contributed by atoms with Gasteiger partial charge in [-0.2, -0.15) is 0 Å². The Hall–Kier alpha value is -1.06. The first-order chi connectivity index (χ1) is 9.02. The molecule has 2 N–H and O–H groups in total. The van der Waals surface area contributed by atoms with Gasteiger partial charge < -0.3 is 15.2 Å². The highest BCUT2D eigenvalue weighted by Crippen LogP contribution is 2.21. The third-order valence-corrected chi connectivity index (χ3v) is 3.27. The zero-order valence-corrected chi connectivity index (χ0v) is 12.5. The summed E-state index contributed by atoms with van der Waals surface area (Å²) in [6.07, 6.45) is 0.663. The number of aliphatic hydroxyl groups is 1. The first-order valence-corrected chi connectivity index (χ1v) is 7.17. The number of rotatable bonds is 8. The van der Waals surface area contributed by atoms with Gasteiger partial charge in [-0.3, -0.25) is 0 Å². The van der Waals surface area contributed by atoms with E-state index in [4.69, 9.17) is 4.74 Å². The fraction of sp³-hybridized carbons (Fsp3) is 0.625. The van der Waals surface area contributed by atoms with E-state index in [1.807, 2.05) is 12.1 Å². The maximum absolute atomic E-state index is 9.75. The smallest absolute Gasteiger partial charge is 0.119 e. The van der Waals surface area contributed by atoms with Crippen LogP contribution in [-0.2, 0) is 0 Å². The third-order valence-electron chi connectivity index (χ3n) is 3.27. The van der Waals surface area contributed by atoms with Crippen LogP contribution in [0, 0.1) is 0 Å². The molecule has 3 heteroatoms. The number of hydrogen-bond acceptors (Lipinski definition) is 3. The topological polar surface area (TPSA) is 41.5 Å². The largest absolute Gasteiger partial charge is 0.491 e. The van der Waals surface area contributed by atoms with Gasteiger partial charge in [-0.05, 0) is 30.0 Å². The van der Waals surface area contributed by atoms with Crippen LogP contribution in [0.25, 0.3) is 0 Å². The summed E-state index contributed by atoms with van der Waals surface area (Å²) in [5.41, 5.74) is 1.33. The number of benzene rings is 1. The predicted molar refractivity (Wildman–Crippen MR) is 79.8 cm³/mol. The molecule has 0 saturated carbocycles. The van der Waals surface area contributed by atoms with Gasteiger partial charge in [-0.25, -0.2) is 0 Å². The second-order valence-electron chi connectivity index (χ2n) is 5.41. The molecule has 108 valence electrons. The molecule has 3 nitrogen and oxygen atoms in total. The van der Waals surface area contributed by atoms with Gasteiger partial charge >= 0.3 is 0 Å². The Kier molecular flexibility index (Phi) is 6.89.